The Hall–Kier alpha value is -0.640. The van der Waals surface area contributed by atoms with Gasteiger partial charge in [0.05, 0.1) is 0 Å². The normalized spacial score (nSPS) is 12.8. The summed E-state index contributed by atoms with van der Waals surface area (Å²) in [6.07, 6.45) is 3.59. The van der Waals surface area contributed by atoms with E-state index in [4.69, 9.17) is 0 Å². The quantitative estimate of drug-likeness (QED) is 0.799. The molecule has 2 aromatic heterocycles. The highest BCUT2D eigenvalue weighted by atomic mass is 32.1. The molecule has 0 amide bonds. The summed E-state index contributed by atoms with van der Waals surface area (Å²) in [7, 11) is 0. The van der Waals surface area contributed by atoms with Gasteiger partial charge in [-0.15, -0.1) is 22.7 Å². The lowest BCUT2D eigenvalue weighted by Crippen LogP contribution is -2.31. The standard InChI is InChI=1S/C14H19NS2/c1-2-15-12(11-14-6-4-10-17-14)7-8-13-5-3-9-16-13/h3-6,9-10,12,15H,2,7-8,11H2,1H3. The van der Waals surface area contributed by atoms with Crippen molar-refractivity contribution in [1.29, 1.82) is 0 Å². The lowest BCUT2D eigenvalue weighted by molar-refractivity contribution is 0.495. The SMILES string of the molecule is CCNC(CCc1cccs1)Cc1cccs1. The van der Waals surface area contributed by atoms with Crippen molar-refractivity contribution in [2.24, 2.45) is 0 Å². The molecule has 0 aliphatic heterocycles. The van der Waals surface area contributed by atoms with Gasteiger partial charge < -0.3 is 5.32 Å². The first kappa shape index (κ1) is 12.8. The summed E-state index contributed by atoms with van der Waals surface area (Å²) in [6, 6.07) is 9.36. The first-order chi connectivity index (χ1) is 8.38. The van der Waals surface area contributed by atoms with Crippen LogP contribution in [0.1, 0.15) is 23.1 Å². The molecule has 0 radical (unpaired) electrons. The molecule has 17 heavy (non-hydrogen) atoms. The highest BCUT2D eigenvalue weighted by molar-refractivity contribution is 7.10. The Morgan fingerprint density at radius 2 is 1.82 bits per heavy atom. The highest BCUT2D eigenvalue weighted by Gasteiger charge is 2.09. The van der Waals surface area contributed by atoms with Crippen LogP contribution in [0.25, 0.3) is 0 Å². The third-order valence-corrected chi connectivity index (χ3v) is 4.67. The van der Waals surface area contributed by atoms with Crippen LogP contribution in [0.3, 0.4) is 0 Å². The number of thiophene rings is 2. The number of rotatable bonds is 7. The number of hydrogen-bond acceptors (Lipinski definition) is 3. The topological polar surface area (TPSA) is 12.0 Å². The molecule has 0 saturated heterocycles. The molecule has 1 atom stereocenters. The predicted octanol–water partition coefficient (Wildman–Crippen LogP) is 3.96. The lowest BCUT2D eigenvalue weighted by atomic mass is 10.1. The van der Waals surface area contributed by atoms with Gasteiger partial charge in [0.25, 0.3) is 0 Å². The van der Waals surface area contributed by atoms with Gasteiger partial charge in [0.15, 0.2) is 0 Å². The van der Waals surface area contributed by atoms with E-state index in [0.29, 0.717) is 6.04 Å². The molecule has 92 valence electrons. The van der Waals surface area contributed by atoms with Gasteiger partial charge in [0.2, 0.25) is 0 Å². The molecule has 3 heteroatoms. The maximum absolute atomic E-state index is 3.59. The van der Waals surface area contributed by atoms with Crippen molar-refractivity contribution in [3.63, 3.8) is 0 Å². The zero-order valence-corrected chi connectivity index (χ0v) is 11.8. The van der Waals surface area contributed by atoms with Crippen molar-refractivity contribution in [1.82, 2.24) is 5.32 Å². The van der Waals surface area contributed by atoms with Crippen molar-refractivity contribution in [3.8, 4) is 0 Å². The summed E-state index contributed by atoms with van der Waals surface area (Å²) in [5.74, 6) is 0. The second-order valence-corrected chi connectivity index (χ2v) is 6.22. The van der Waals surface area contributed by atoms with Crippen LogP contribution < -0.4 is 5.32 Å². The number of likely N-dealkylation sites (N-methyl/N-ethyl adjacent to an activating group) is 1. The maximum Gasteiger partial charge on any atom is 0.0119 e. The van der Waals surface area contributed by atoms with Gasteiger partial charge >= 0.3 is 0 Å². The summed E-state index contributed by atoms with van der Waals surface area (Å²) in [5.41, 5.74) is 0. The molecule has 1 nitrogen and oxygen atoms in total. The van der Waals surface area contributed by atoms with E-state index in [2.05, 4.69) is 47.3 Å². The van der Waals surface area contributed by atoms with E-state index in [1.165, 1.54) is 22.6 Å². The second-order valence-electron chi connectivity index (χ2n) is 4.16. The number of nitrogens with one attached hydrogen (secondary N) is 1. The summed E-state index contributed by atoms with van der Waals surface area (Å²) >= 11 is 3.73. The van der Waals surface area contributed by atoms with Crippen LogP contribution in [-0.4, -0.2) is 12.6 Å². The van der Waals surface area contributed by atoms with Gasteiger partial charge in [0.1, 0.15) is 0 Å². The molecular formula is C14H19NS2. The molecule has 0 spiro atoms. The fourth-order valence-corrected chi connectivity index (χ4v) is 3.52. The van der Waals surface area contributed by atoms with Crippen molar-refractivity contribution in [2.75, 3.05) is 6.54 Å². The van der Waals surface area contributed by atoms with Crippen LogP contribution in [0, 0.1) is 0 Å². The molecule has 0 aromatic carbocycles. The minimum Gasteiger partial charge on any atom is -0.314 e. The highest BCUT2D eigenvalue weighted by Crippen LogP contribution is 2.16. The Balaban J connectivity index is 1.84. The van der Waals surface area contributed by atoms with Crippen LogP contribution in [0.2, 0.25) is 0 Å². The minimum atomic E-state index is 0.612. The fraction of sp³-hybridized carbons (Fsp3) is 0.429. The molecule has 0 saturated carbocycles. The van der Waals surface area contributed by atoms with Gasteiger partial charge in [-0.3, -0.25) is 0 Å². The summed E-state index contributed by atoms with van der Waals surface area (Å²) in [4.78, 5) is 2.99. The van der Waals surface area contributed by atoms with Crippen LogP contribution in [0.15, 0.2) is 35.0 Å². The van der Waals surface area contributed by atoms with Crippen LogP contribution in [0.5, 0.6) is 0 Å². The van der Waals surface area contributed by atoms with Crippen molar-refractivity contribution in [3.05, 3.63) is 44.8 Å². The minimum absolute atomic E-state index is 0.612. The van der Waals surface area contributed by atoms with Gasteiger partial charge in [-0.25, -0.2) is 0 Å². The van der Waals surface area contributed by atoms with E-state index in [1.54, 1.807) is 0 Å². The van der Waals surface area contributed by atoms with Crippen LogP contribution in [0.4, 0.5) is 0 Å². The predicted molar refractivity (Wildman–Crippen MR) is 78.1 cm³/mol. The second kappa shape index (κ2) is 6.94. The van der Waals surface area contributed by atoms with Gasteiger partial charge in [0, 0.05) is 15.8 Å². The third kappa shape index (κ3) is 4.26. The fourth-order valence-electron chi connectivity index (χ4n) is 2.01. The van der Waals surface area contributed by atoms with Crippen molar-refractivity contribution < 1.29 is 0 Å². The van der Waals surface area contributed by atoms with Crippen molar-refractivity contribution in [2.45, 2.75) is 32.2 Å². The Labute approximate surface area is 112 Å². The molecule has 2 rings (SSSR count). The van der Waals surface area contributed by atoms with E-state index in [9.17, 15) is 0 Å². The zero-order valence-electron chi connectivity index (χ0n) is 10.2. The average Bonchev–Trinajstić information content (AvgIpc) is 2.99. The molecule has 0 aliphatic carbocycles. The van der Waals surface area contributed by atoms with Gasteiger partial charge in [-0.1, -0.05) is 19.1 Å². The van der Waals surface area contributed by atoms with Gasteiger partial charge in [-0.05, 0) is 48.7 Å². The zero-order chi connectivity index (χ0) is 11.9. The Bertz CT molecular complexity index is 392. The largest absolute Gasteiger partial charge is 0.314 e. The molecule has 2 heterocycles. The van der Waals surface area contributed by atoms with E-state index < -0.39 is 0 Å². The average molecular weight is 265 g/mol. The van der Waals surface area contributed by atoms with Crippen molar-refractivity contribution >= 4 is 22.7 Å². The monoisotopic (exact) mass is 265 g/mol. The smallest absolute Gasteiger partial charge is 0.0119 e. The molecule has 0 aliphatic rings. The van der Waals surface area contributed by atoms with Crippen LogP contribution in [-0.2, 0) is 12.8 Å². The number of hydrogen-bond donors (Lipinski definition) is 1. The molecular weight excluding hydrogens is 246 g/mol. The third-order valence-electron chi connectivity index (χ3n) is 2.84. The first-order valence-electron chi connectivity index (χ1n) is 6.16. The Kier molecular flexibility index (Phi) is 5.23. The van der Waals surface area contributed by atoms with E-state index in [0.717, 1.165) is 13.0 Å². The lowest BCUT2D eigenvalue weighted by Gasteiger charge is -2.16. The first-order valence-corrected chi connectivity index (χ1v) is 7.92. The summed E-state index contributed by atoms with van der Waals surface area (Å²) in [5, 5.41) is 7.92. The summed E-state index contributed by atoms with van der Waals surface area (Å²) in [6.45, 7) is 3.24. The molecule has 1 N–H and O–H groups in total. The molecule has 1 unspecified atom stereocenters. The van der Waals surface area contributed by atoms with E-state index in [-0.39, 0.29) is 0 Å². The van der Waals surface area contributed by atoms with E-state index in [1.807, 2.05) is 22.7 Å². The Morgan fingerprint density at radius 1 is 1.12 bits per heavy atom. The molecule has 0 fully saturated rings. The summed E-state index contributed by atoms with van der Waals surface area (Å²) < 4.78 is 0. The van der Waals surface area contributed by atoms with Gasteiger partial charge in [-0.2, -0.15) is 0 Å². The van der Waals surface area contributed by atoms with E-state index >= 15 is 0 Å². The Morgan fingerprint density at radius 3 is 2.41 bits per heavy atom. The molecule has 2 aromatic rings. The molecule has 0 bridgehead atoms. The maximum atomic E-state index is 3.59. The van der Waals surface area contributed by atoms with Crippen LogP contribution >= 0.6 is 22.7 Å². The number of aryl methyl sites for hydroxylation is 1.